The van der Waals surface area contributed by atoms with Gasteiger partial charge in [0.2, 0.25) is 0 Å². The summed E-state index contributed by atoms with van der Waals surface area (Å²) in [4.78, 5) is 6.74. The molecule has 1 aromatic rings. The number of nitrogens with one attached hydrogen (secondary N) is 2. The highest BCUT2D eigenvalue weighted by Gasteiger charge is 2.34. The van der Waals surface area contributed by atoms with Crippen LogP contribution < -0.4 is 10.6 Å². The Morgan fingerprint density at radius 3 is 2.25 bits per heavy atom. The number of rotatable bonds is 6. The molecule has 0 aromatic heterocycles. The lowest BCUT2D eigenvalue weighted by molar-refractivity contribution is -0.137. The van der Waals surface area contributed by atoms with Crippen molar-refractivity contribution in [3.05, 3.63) is 35.4 Å². The minimum absolute atomic E-state index is 0. The molecule has 0 amide bonds. The third-order valence-electron chi connectivity index (χ3n) is 5.00. The van der Waals surface area contributed by atoms with Gasteiger partial charge in [0.15, 0.2) is 5.96 Å². The molecule has 0 atom stereocenters. The van der Waals surface area contributed by atoms with Crippen LogP contribution in [0.4, 0.5) is 13.2 Å². The molecule has 2 rings (SSSR count). The molecular weight excluding hydrogens is 484 g/mol. The zero-order valence-corrected chi connectivity index (χ0v) is 18.9. The highest BCUT2D eigenvalue weighted by molar-refractivity contribution is 14.0. The number of likely N-dealkylation sites (N-methyl/N-ethyl adjacent to an activating group) is 1. The Labute approximate surface area is 182 Å². The van der Waals surface area contributed by atoms with Gasteiger partial charge in [-0.05, 0) is 51.6 Å². The maximum atomic E-state index is 12.7. The molecule has 0 saturated carbocycles. The molecule has 1 heterocycles. The van der Waals surface area contributed by atoms with E-state index in [1.165, 1.54) is 12.1 Å². The lowest BCUT2D eigenvalue weighted by atomic mass is 9.88. The van der Waals surface area contributed by atoms with E-state index in [9.17, 15) is 13.2 Å². The number of alkyl halides is 3. The molecular formula is C19H30F3IN4O. The summed E-state index contributed by atoms with van der Waals surface area (Å²) in [5.74, 6) is 0.658. The molecule has 9 heteroatoms. The van der Waals surface area contributed by atoms with Crippen molar-refractivity contribution in [2.75, 3.05) is 40.4 Å². The monoisotopic (exact) mass is 514 g/mol. The second-order valence-corrected chi connectivity index (χ2v) is 6.97. The van der Waals surface area contributed by atoms with Crippen molar-refractivity contribution < 1.29 is 17.9 Å². The summed E-state index contributed by atoms with van der Waals surface area (Å²) in [6, 6.07) is 5.12. The topological polar surface area (TPSA) is 48.9 Å². The molecule has 5 nitrogen and oxygen atoms in total. The van der Waals surface area contributed by atoms with Crippen LogP contribution >= 0.6 is 24.0 Å². The van der Waals surface area contributed by atoms with E-state index in [4.69, 9.17) is 4.74 Å². The first-order chi connectivity index (χ1) is 12.8. The van der Waals surface area contributed by atoms with Crippen molar-refractivity contribution in [1.82, 2.24) is 15.5 Å². The highest BCUT2D eigenvalue weighted by atomic mass is 127. The molecule has 1 aliphatic rings. The van der Waals surface area contributed by atoms with Crippen LogP contribution in [0.2, 0.25) is 0 Å². The van der Waals surface area contributed by atoms with E-state index in [2.05, 4.69) is 34.6 Å². The Bertz CT molecular complexity index is 615. The average Bonchev–Trinajstić information content (AvgIpc) is 2.64. The van der Waals surface area contributed by atoms with Crippen LogP contribution in [0.5, 0.6) is 0 Å². The molecule has 1 fully saturated rings. The Morgan fingerprint density at radius 1 is 1.14 bits per heavy atom. The second kappa shape index (κ2) is 11.2. The van der Waals surface area contributed by atoms with Crippen LogP contribution in [-0.2, 0) is 17.5 Å². The largest absolute Gasteiger partial charge is 0.416 e. The molecule has 1 saturated heterocycles. The van der Waals surface area contributed by atoms with Crippen LogP contribution in [0.25, 0.3) is 0 Å². The molecule has 1 aliphatic heterocycles. The Kier molecular flexibility index (Phi) is 9.99. The molecule has 2 N–H and O–H groups in total. The molecule has 0 bridgehead atoms. The highest BCUT2D eigenvalue weighted by Crippen LogP contribution is 2.29. The van der Waals surface area contributed by atoms with Gasteiger partial charge < -0.3 is 20.3 Å². The SMILES string of the molecule is CCNC(=NCc1ccc(C(F)(F)F)cc1)NCC1(N(C)C)CCOCC1.I. The molecule has 0 spiro atoms. The van der Waals surface area contributed by atoms with Gasteiger partial charge in [0.25, 0.3) is 0 Å². The van der Waals surface area contributed by atoms with E-state index in [1.54, 1.807) is 0 Å². The van der Waals surface area contributed by atoms with Gasteiger partial charge in [-0.3, -0.25) is 0 Å². The van der Waals surface area contributed by atoms with Crippen molar-refractivity contribution in [2.45, 2.75) is 38.0 Å². The van der Waals surface area contributed by atoms with E-state index in [-0.39, 0.29) is 29.5 Å². The standard InChI is InChI=1S/C19H29F3N4O.HI/c1-4-23-17(25-14-18(26(2)3)9-11-27-12-10-18)24-13-15-5-7-16(8-6-15)19(20,21)22;/h5-8H,4,9-14H2,1-3H3,(H2,23,24,25);1H. The lowest BCUT2D eigenvalue weighted by Gasteiger charge is -2.43. The molecule has 0 aliphatic carbocycles. The van der Waals surface area contributed by atoms with Gasteiger partial charge in [-0.15, -0.1) is 24.0 Å². The summed E-state index contributed by atoms with van der Waals surface area (Å²) in [6.45, 7) is 5.19. The first kappa shape index (κ1) is 25.0. The summed E-state index contributed by atoms with van der Waals surface area (Å²) in [7, 11) is 4.14. The quantitative estimate of drug-likeness (QED) is 0.347. The number of hydrogen-bond acceptors (Lipinski definition) is 3. The minimum atomic E-state index is -4.32. The molecule has 0 unspecified atom stereocenters. The summed E-state index contributed by atoms with van der Waals surface area (Å²) in [5.41, 5.74) is 0.0873. The van der Waals surface area contributed by atoms with E-state index in [1.807, 2.05) is 6.92 Å². The van der Waals surface area contributed by atoms with E-state index >= 15 is 0 Å². The van der Waals surface area contributed by atoms with Crippen molar-refractivity contribution in [3.8, 4) is 0 Å². The number of ether oxygens (including phenoxy) is 1. The van der Waals surface area contributed by atoms with Crippen LogP contribution in [0.15, 0.2) is 29.3 Å². The van der Waals surface area contributed by atoms with E-state index in [0.717, 1.165) is 50.3 Å². The minimum Gasteiger partial charge on any atom is -0.381 e. The van der Waals surface area contributed by atoms with Crippen LogP contribution in [0, 0.1) is 0 Å². The Hall–Kier alpha value is -1.07. The predicted molar refractivity (Wildman–Crippen MR) is 116 cm³/mol. The second-order valence-electron chi connectivity index (χ2n) is 6.97. The Balaban J connectivity index is 0.00000392. The lowest BCUT2D eigenvalue weighted by Crippen LogP contribution is -2.57. The number of guanidine groups is 1. The van der Waals surface area contributed by atoms with Crippen molar-refractivity contribution >= 4 is 29.9 Å². The number of nitrogens with zero attached hydrogens (tertiary/aromatic N) is 2. The van der Waals surface area contributed by atoms with Crippen molar-refractivity contribution in [2.24, 2.45) is 4.99 Å². The molecule has 28 heavy (non-hydrogen) atoms. The fraction of sp³-hybridized carbons (Fsp3) is 0.632. The summed E-state index contributed by atoms with van der Waals surface area (Å²) < 4.78 is 43.4. The maximum absolute atomic E-state index is 12.7. The van der Waals surface area contributed by atoms with Gasteiger partial charge in [-0.2, -0.15) is 13.2 Å². The van der Waals surface area contributed by atoms with Gasteiger partial charge in [-0.1, -0.05) is 12.1 Å². The van der Waals surface area contributed by atoms with E-state index < -0.39 is 11.7 Å². The molecule has 1 aromatic carbocycles. The zero-order chi connectivity index (χ0) is 19.9. The number of halogens is 4. The number of aliphatic imine (C=N–C) groups is 1. The fourth-order valence-corrected chi connectivity index (χ4v) is 3.09. The zero-order valence-electron chi connectivity index (χ0n) is 16.6. The normalized spacial score (nSPS) is 17.2. The Morgan fingerprint density at radius 2 is 1.75 bits per heavy atom. The number of benzene rings is 1. The van der Waals surface area contributed by atoms with Crippen LogP contribution in [0.3, 0.4) is 0 Å². The van der Waals surface area contributed by atoms with Gasteiger partial charge in [0.1, 0.15) is 0 Å². The van der Waals surface area contributed by atoms with Gasteiger partial charge >= 0.3 is 6.18 Å². The number of hydrogen-bond donors (Lipinski definition) is 2. The molecule has 0 radical (unpaired) electrons. The third kappa shape index (κ3) is 7.07. The summed E-state index contributed by atoms with van der Waals surface area (Å²) >= 11 is 0. The average molecular weight is 514 g/mol. The summed E-state index contributed by atoms with van der Waals surface area (Å²) in [5, 5.41) is 6.57. The maximum Gasteiger partial charge on any atom is 0.416 e. The van der Waals surface area contributed by atoms with Crippen molar-refractivity contribution in [1.29, 1.82) is 0 Å². The third-order valence-corrected chi connectivity index (χ3v) is 5.00. The summed E-state index contributed by atoms with van der Waals surface area (Å²) in [6.07, 6.45) is -2.45. The van der Waals surface area contributed by atoms with E-state index in [0.29, 0.717) is 19.0 Å². The van der Waals surface area contributed by atoms with Gasteiger partial charge in [0.05, 0.1) is 12.1 Å². The first-order valence-corrected chi connectivity index (χ1v) is 9.20. The molecule has 160 valence electrons. The smallest absolute Gasteiger partial charge is 0.381 e. The van der Waals surface area contributed by atoms with Crippen molar-refractivity contribution in [3.63, 3.8) is 0 Å². The predicted octanol–water partition coefficient (Wildman–Crippen LogP) is 3.49. The van der Waals surface area contributed by atoms with Crippen LogP contribution in [-0.4, -0.2) is 56.8 Å². The van der Waals surface area contributed by atoms with Crippen LogP contribution in [0.1, 0.15) is 30.9 Å². The van der Waals surface area contributed by atoms with Gasteiger partial charge in [0, 0.05) is 31.8 Å². The fourth-order valence-electron chi connectivity index (χ4n) is 3.09. The first-order valence-electron chi connectivity index (χ1n) is 9.20. The van der Waals surface area contributed by atoms with Gasteiger partial charge in [-0.25, -0.2) is 4.99 Å².